The molecule has 2 N–H and O–H groups in total. The third kappa shape index (κ3) is 1.81. The molecule has 2 aromatic carbocycles. The van der Waals surface area contributed by atoms with Crippen LogP contribution >= 0.6 is 11.6 Å². The van der Waals surface area contributed by atoms with Crippen LogP contribution in [0.4, 0.5) is 5.69 Å². The topological polar surface area (TPSA) is 38.9 Å². The maximum absolute atomic E-state index is 6.33. The van der Waals surface area contributed by atoms with Crippen LogP contribution in [0.25, 0.3) is 21.9 Å². The van der Waals surface area contributed by atoms with E-state index in [1.54, 1.807) is 6.20 Å². The molecule has 3 aromatic rings. The lowest BCUT2D eigenvalue weighted by Gasteiger charge is -2.09. The van der Waals surface area contributed by atoms with Crippen LogP contribution in [-0.4, -0.2) is 4.98 Å². The molecule has 0 fully saturated rings. The first-order chi connectivity index (χ1) is 8.75. The van der Waals surface area contributed by atoms with Gasteiger partial charge in [-0.25, -0.2) is 0 Å². The minimum atomic E-state index is 0.735. The molecule has 0 bridgehead atoms. The molecule has 1 aromatic heterocycles. The Balaban J connectivity index is 2.33. The highest BCUT2D eigenvalue weighted by molar-refractivity contribution is 6.35. The van der Waals surface area contributed by atoms with Crippen molar-refractivity contribution in [3.63, 3.8) is 0 Å². The van der Waals surface area contributed by atoms with E-state index >= 15 is 0 Å². The average Bonchev–Trinajstić information content (AvgIpc) is 2.40. The molecule has 0 spiro atoms. The second kappa shape index (κ2) is 4.31. The number of hydrogen-bond donors (Lipinski definition) is 1. The molecule has 0 aliphatic carbocycles. The van der Waals surface area contributed by atoms with Crippen LogP contribution in [0.3, 0.4) is 0 Å². The molecule has 0 unspecified atom stereocenters. The monoisotopic (exact) mass is 254 g/mol. The molecule has 0 saturated carbocycles. The summed E-state index contributed by atoms with van der Waals surface area (Å²) in [6.45, 7) is 0. The van der Waals surface area contributed by atoms with Crippen molar-refractivity contribution in [2.45, 2.75) is 0 Å². The Labute approximate surface area is 110 Å². The molecule has 2 nitrogen and oxygen atoms in total. The molecule has 0 radical (unpaired) electrons. The van der Waals surface area contributed by atoms with Gasteiger partial charge < -0.3 is 5.73 Å². The molecule has 0 saturated heterocycles. The van der Waals surface area contributed by atoms with Crippen molar-refractivity contribution in [3.8, 4) is 11.1 Å². The molecule has 1 heterocycles. The SMILES string of the molecule is Nc1ccc(-c2c(Cl)ccc3cnccc23)cc1. The summed E-state index contributed by atoms with van der Waals surface area (Å²) < 4.78 is 0. The number of benzene rings is 2. The normalized spacial score (nSPS) is 10.7. The van der Waals surface area contributed by atoms with Gasteiger partial charge in [-0.2, -0.15) is 0 Å². The smallest absolute Gasteiger partial charge is 0.0490 e. The molecule has 88 valence electrons. The van der Waals surface area contributed by atoms with E-state index in [4.69, 9.17) is 17.3 Å². The molecule has 18 heavy (non-hydrogen) atoms. The highest BCUT2D eigenvalue weighted by Gasteiger charge is 2.08. The number of aromatic nitrogens is 1. The molecule has 3 heteroatoms. The number of anilines is 1. The van der Waals surface area contributed by atoms with Gasteiger partial charge in [-0.15, -0.1) is 0 Å². The first-order valence-corrected chi connectivity index (χ1v) is 6.01. The average molecular weight is 255 g/mol. The Morgan fingerprint density at radius 2 is 1.72 bits per heavy atom. The van der Waals surface area contributed by atoms with Crippen molar-refractivity contribution in [1.29, 1.82) is 0 Å². The van der Waals surface area contributed by atoms with E-state index in [2.05, 4.69) is 4.98 Å². The summed E-state index contributed by atoms with van der Waals surface area (Å²) >= 11 is 6.33. The Morgan fingerprint density at radius 1 is 0.944 bits per heavy atom. The van der Waals surface area contributed by atoms with Gasteiger partial charge in [0.05, 0.1) is 0 Å². The summed E-state index contributed by atoms with van der Waals surface area (Å²) in [5.41, 5.74) is 8.55. The number of rotatable bonds is 1. The van der Waals surface area contributed by atoms with E-state index in [9.17, 15) is 0 Å². The van der Waals surface area contributed by atoms with Gasteiger partial charge in [0, 0.05) is 34.1 Å². The number of halogens is 1. The number of pyridine rings is 1. The first-order valence-electron chi connectivity index (χ1n) is 5.64. The highest BCUT2D eigenvalue weighted by Crippen LogP contribution is 2.35. The molecule has 0 amide bonds. The molecule has 0 aliphatic heterocycles. The summed E-state index contributed by atoms with van der Waals surface area (Å²) in [7, 11) is 0. The van der Waals surface area contributed by atoms with E-state index in [0.29, 0.717) is 0 Å². The zero-order valence-electron chi connectivity index (χ0n) is 9.60. The van der Waals surface area contributed by atoms with Crippen LogP contribution in [-0.2, 0) is 0 Å². The minimum absolute atomic E-state index is 0.735. The van der Waals surface area contributed by atoms with E-state index in [1.165, 1.54) is 0 Å². The summed E-state index contributed by atoms with van der Waals surface area (Å²) in [4.78, 5) is 4.13. The highest BCUT2D eigenvalue weighted by atomic mass is 35.5. The van der Waals surface area contributed by atoms with Gasteiger partial charge in [-0.3, -0.25) is 4.98 Å². The number of fused-ring (bicyclic) bond motifs is 1. The molecular weight excluding hydrogens is 244 g/mol. The third-order valence-corrected chi connectivity index (χ3v) is 3.28. The van der Waals surface area contributed by atoms with Crippen LogP contribution < -0.4 is 5.73 Å². The Bertz CT molecular complexity index is 705. The molecule has 0 aliphatic rings. The molecular formula is C15H11ClN2. The second-order valence-corrected chi connectivity index (χ2v) is 4.55. The van der Waals surface area contributed by atoms with E-state index in [0.717, 1.165) is 32.6 Å². The third-order valence-electron chi connectivity index (χ3n) is 2.97. The van der Waals surface area contributed by atoms with Crippen molar-refractivity contribution in [2.75, 3.05) is 5.73 Å². The summed E-state index contributed by atoms with van der Waals surface area (Å²) in [5.74, 6) is 0. The van der Waals surface area contributed by atoms with Gasteiger partial charge in [0.2, 0.25) is 0 Å². The van der Waals surface area contributed by atoms with Crippen molar-refractivity contribution in [3.05, 3.63) is 59.9 Å². The predicted molar refractivity (Wildman–Crippen MR) is 76.6 cm³/mol. The van der Waals surface area contributed by atoms with Crippen LogP contribution in [0.2, 0.25) is 5.02 Å². The van der Waals surface area contributed by atoms with E-state index in [1.807, 2.05) is 48.7 Å². The lowest BCUT2D eigenvalue weighted by atomic mass is 9.99. The van der Waals surface area contributed by atoms with Crippen molar-refractivity contribution >= 4 is 28.1 Å². The largest absolute Gasteiger partial charge is 0.399 e. The van der Waals surface area contributed by atoms with Gasteiger partial charge in [-0.05, 0) is 35.2 Å². The minimum Gasteiger partial charge on any atom is -0.399 e. The zero-order chi connectivity index (χ0) is 12.5. The summed E-state index contributed by atoms with van der Waals surface area (Å²) in [6.07, 6.45) is 3.62. The fourth-order valence-electron chi connectivity index (χ4n) is 2.09. The van der Waals surface area contributed by atoms with Crippen LogP contribution in [0.15, 0.2) is 54.9 Å². The zero-order valence-corrected chi connectivity index (χ0v) is 10.4. The first kappa shape index (κ1) is 11.1. The second-order valence-electron chi connectivity index (χ2n) is 4.14. The number of hydrogen-bond acceptors (Lipinski definition) is 2. The van der Waals surface area contributed by atoms with Crippen molar-refractivity contribution in [1.82, 2.24) is 4.98 Å². The van der Waals surface area contributed by atoms with Crippen LogP contribution in [0.5, 0.6) is 0 Å². The maximum Gasteiger partial charge on any atom is 0.0490 e. The van der Waals surface area contributed by atoms with Gasteiger partial charge in [0.1, 0.15) is 0 Å². The summed E-state index contributed by atoms with van der Waals surface area (Å²) in [6, 6.07) is 13.6. The molecule has 3 rings (SSSR count). The Hall–Kier alpha value is -2.06. The number of nitrogens with two attached hydrogens (primary N) is 1. The van der Waals surface area contributed by atoms with Crippen LogP contribution in [0, 0.1) is 0 Å². The van der Waals surface area contributed by atoms with Gasteiger partial charge in [-0.1, -0.05) is 29.8 Å². The summed E-state index contributed by atoms with van der Waals surface area (Å²) in [5, 5.41) is 2.91. The number of nitrogens with zero attached hydrogens (tertiary/aromatic N) is 1. The molecule has 0 atom stereocenters. The van der Waals surface area contributed by atoms with Crippen molar-refractivity contribution in [2.24, 2.45) is 0 Å². The lowest BCUT2D eigenvalue weighted by molar-refractivity contribution is 1.36. The van der Waals surface area contributed by atoms with Crippen molar-refractivity contribution < 1.29 is 0 Å². The van der Waals surface area contributed by atoms with Gasteiger partial charge in [0.25, 0.3) is 0 Å². The maximum atomic E-state index is 6.33. The van der Waals surface area contributed by atoms with Gasteiger partial charge in [0.15, 0.2) is 0 Å². The number of nitrogen functional groups attached to an aromatic ring is 1. The fourth-order valence-corrected chi connectivity index (χ4v) is 2.36. The van der Waals surface area contributed by atoms with Gasteiger partial charge >= 0.3 is 0 Å². The quantitative estimate of drug-likeness (QED) is 0.663. The standard InChI is InChI=1S/C15H11ClN2/c16-14-6-3-11-9-18-8-7-13(11)15(14)10-1-4-12(17)5-2-10/h1-9H,17H2. The van der Waals surface area contributed by atoms with E-state index in [-0.39, 0.29) is 0 Å². The Kier molecular flexibility index (Phi) is 2.65. The fraction of sp³-hybridized carbons (Fsp3) is 0. The van der Waals surface area contributed by atoms with Crippen LogP contribution in [0.1, 0.15) is 0 Å². The Morgan fingerprint density at radius 3 is 2.50 bits per heavy atom. The predicted octanol–water partition coefficient (Wildman–Crippen LogP) is 4.14. The lowest BCUT2D eigenvalue weighted by Crippen LogP contribution is -1.86. The van der Waals surface area contributed by atoms with E-state index < -0.39 is 0 Å².